The molecule has 1 aromatic carbocycles. The highest BCUT2D eigenvalue weighted by Crippen LogP contribution is 2.28. The van der Waals surface area contributed by atoms with E-state index in [0.717, 1.165) is 17.3 Å². The van der Waals surface area contributed by atoms with Crippen LogP contribution in [0.5, 0.6) is 0 Å². The van der Waals surface area contributed by atoms with Crippen molar-refractivity contribution < 1.29 is 0 Å². The largest absolute Gasteiger partial charge is 0.379 e. The van der Waals surface area contributed by atoms with Crippen LogP contribution in [0.4, 0.5) is 5.69 Å². The van der Waals surface area contributed by atoms with Gasteiger partial charge in [-0.15, -0.1) is 11.3 Å². The minimum Gasteiger partial charge on any atom is -0.379 e. The number of hydrogen-bond donors (Lipinski definition) is 1. The Labute approximate surface area is 123 Å². The number of aryl methyl sites for hydroxylation is 1. The standard InChI is InChI=1S/C15H19ClN2S/c1-10-5-6-13(12(16)7-10)17-8-11-9-18-14(19-11)15(2,3)4/h5-7,9,17H,8H2,1-4H3. The maximum Gasteiger partial charge on any atom is 0.0981 e. The molecule has 0 fully saturated rings. The van der Waals surface area contributed by atoms with Crippen LogP contribution >= 0.6 is 22.9 Å². The molecule has 102 valence electrons. The predicted octanol–water partition coefficient (Wildman–Crippen LogP) is 5.01. The molecule has 0 bridgehead atoms. The zero-order valence-corrected chi connectivity index (χ0v) is 13.3. The van der Waals surface area contributed by atoms with Crippen molar-refractivity contribution >= 4 is 28.6 Å². The summed E-state index contributed by atoms with van der Waals surface area (Å²) in [4.78, 5) is 5.71. The Morgan fingerprint density at radius 3 is 2.63 bits per heavy atom. The van der Waals surface area contributed by atoms with Crippen LogP contribution in [0.25, 0.3) is 0 Å². The van der Waals surface area contributed by atoms with Crippen LogP contribution in [-0.4, -0.2) is 4.98 Å². The molecule has 19 heavy (non-hydrogen) atoms. The topological polar surface area (TPSA) is 24.9 Å². The minimum atomic E-state index is 0.115. The van der Waals surface area contributed by atoms with E-state index in [-0.39, 0.29) is 5.41 Å². The number of thiazole rings is 1. The summed E-state index contributed by atoms with van der Waals surface area (Å²) < 4.78 is 0. The molecule has 2 rings (SSSR count). The molecule has 1 N–H and O–H groups in total. The molecule has 0 atom stereocenters. The second-order valence-corrected chi connectivity index (χ2v) is 7.24. The van der Waals surface area contributed by atoms with E-state index in [1.165, 1.54) is 15.4 Å². The van der Waals surface area contributed by atoms with Crippen LogP contribution < -0.4 is 5.32 Å². The van der Waals surface area contributed by atoms with Crippen LogP contribution in [0.15, 0.2) is 24.4 Å². The summed E-state index contributed by atoms with van der Waals surface area (Å²) >= 11 is 7.95. The molecule has 1 aromatic heterocycles. The van der Waals surface area contributed by atoms with E-state index in [1.807, 2.05) is 25.3 Å². The molecule has 0 amide bonds. The molecule has 0 radical (unpaired) electrons. The van der Waals surface area contributed by atoms with Gasteiger partial charge in [0.15, 0.2) is 0 Å². The fourth-order valence-electron chi connectivity index (χ4n) is 1.68. The van der Waals surface area contributed by atoms with Crippen molar-refractivity contribution in [2.75, 3.05) is 5.32 Å². The Balaban J connectivity index is 2.04. The van der Waals surface area contributed by atoms with Crippen LogP contribution in [0.1, 0.15) is 36.2 Å². The number of nitrogens with zero attached hydrogens (tertiary/aromatic N) is 1. The number of aromatic nitrogens is 1. The Morgan fingerprint density at radius 2 is 2.05 bits per heavy atom. The molecule has 1 heterocycles. The van der Waals surface area contributed by atoms with Crippen LogP contribution in [0.3, 0.4) is 0 Å². The summed E-state index contributed by atoms with van der Waals surface area (Å²) in [6.45, 7) is 9.34. The fourth-order valence-corrected chi connectivity index (χ4v) is 2.89. The summed E-state index contributed by atoms with van der Waals surface area (Å²) in [5.74, 6) is 0. The Morgan fingerprint density at radius 1 is 1.32 bits per heavy atom. The van der Waals surface area contributed by atoms with E-state index in [1.54, 1.807) is 11.3 Å². The quantitative estimate of drug-likeness (QED) is 0.860. The maximum absolute atomic E-state index is 6.20. The number of hydrogen-bond acceptors (Lipinski definition) is 3. The van der Waals surface area contributed by atoms with Gasteiger partial charge in [-0.3, -0.25) is 0 Å². The highest BCUT2D eigenvalue weighted by molar-refractivity contribution is 7.11. The van der Waals surface area contributed by atoms with Crippen molar-refractivity contribution in [3.8, 4) is 0 Å². The minimum absolute atomic E-state index is 0.115. The van der Waals surface area contributed by atoms with Gasteiger partial charge in [0.2, 0.25) is 0 Å². The summed E-state index contributed by atoms with van der Waals surface area (Å²) in [6.07, 6.45) is 1.94. The monoisotopic (exact) mass is 294 g/mol. The van der Waals surface area contributed by atoms with E-state index in [4.69, 9.17) is 11.6 Å². The number of anilines is 1. The summed E-state index contributed by atoms with van der Waals surface area (Å²) in [5, 5.41) is 5.29. The van der Waals surface area contributed by atoms with E-state index >= 15 is 0 Å². The maximum atomic E-state index is 6.20. The lowest BCUT2D eigenvalue weighted by molar-refractivity contribution is 0.585. The summed E-state index contributed by atoms with van der Waals surface area (Å²) in [6, 6.07) is 6.04. The molecule has 2 nitrogen and oxygen atoms in total. The second-order valence-electron chi connectivity index (χ2n) is 5.72. The van der Waals surface area contributed by atoms with Gasteiger partial charge in [-0.2, -0.15) is 0 Å². The van der Waals surface area contributed by atoms with E-state index < -0.39 is 0 Å². The number of benzene rings is 1. The van der Waals surface area contributed by atoms with Crippen LogP contribution in [0, 0.1) is 6.92 Å². The third kappa shape index (κ3) is 3.71. The average Bonchev–Trinajstić information content (AvgIpc) is 2.76. The fraction of sp³-hybridized carbons (Fsp3) is 0.400. The first-order valence-electron chi connectivity index (χ1n) is 6.31. The van der Waals surface area contributed by atoms with Crippen molar-refractivity contribution in [1.29, 1.82) is 0 Å². The molecule has 0 unspecified atom stereocenters. The molecule has 0 saturated heterocycles. The van der Waals surface area contributed by atoms with Crippen molar-refractivity contribution in [2.45, 2.75) is 39.7 Å². The van der Waals surface area contributed by atoms with Crippen LogP contribution in [0.2, 0.25) is 5.02 Å². The smallest absolute Gasteiger partial charge is 0.0981 e. The van der Waals surface area contributed by atoms with Gasteiger partial charge in [-0.05, 0) is 24.6 Å². The first kappa shape index (κ1) is 14.4. The lowest BCUT2D eigenvalue weighted by Gasteiger charge is -2.13. The van der Waals surface area contributed by atoms with E-state index in [0.29, 0.717) is 0 Å². The molecule has 4 heteroatoms. The normalized spacial score (nSPS) is 11.6. The third-order valence-electron chi connectivity index (χ3n) is 2.77. The molecule has 2 aromatic rings. The highest BCUT2D eigenvalue weighted by Gasteiger charge is 2.17. The molecule has 0 saturated carbocycles. The van der Waals surface area contributed by atoms with Crippen molar-refractivity contribution in [1.82, 2.24) is 4.98 Å². The third-order valence-corrected chi connectivity index (χ3v) is 4.51. The summed E-state index contributed by atoms with van der Waals surface area (Å²) in [7, 11) is 0. The zero-order valence-electron chi connectivity index (χ0n) is 11.7. The number of rotatable bonds is 3. The average molecular weight is 295 g/mol. The highest BCUT2D eigenvalue weighted by atomic mass is 35.5. The second kappa shape index (κ2) is 5.51. The molecule has 0 spiro atoms. The first-order valence-corrected chi connectivity index (χ1v) is 7.51. The van der Waals surface area contributed by atoms with Gasteiger partial charge in [0.05, 0.1) is 22.3 Å². The van der Waals surface area contributed by atoms with Gasteiger partial charge in [0.25, 0.3) is 0 Å². The molecule has 0 aliphatic heterocycles. The van der Waals surface area contributed by atoms with Gasteiger partial charge in [-0.1, -0.05) is 38.4 Å². The molecule has 0 aliphatic rings. The Bertz CT molecular complexity index is 570. The van der Waals surface area contributed by atoms with Gasteiger partial charge in [0.1, 0.15) is 0 Å². The van der Waals surface area contributed by atoms with Crippen molar-refractivity contribution in [2.24, 2.45) is 0 Å². The van der Waals surface area contributed by atoms with Gasteiger partial charge in [-0.25, -0.2) is 4.98 Å². The zero-order chi connectivity index (χ0) is 14.0. The Kier molecular flexibility index (Phi) is 4.16. The molecular formula is C15H19ClN2S. The number of nitrogens with one attached hydrogen (secondary N) is 1. The van der Waals surface area contributed by atoms with Crippen molar-refractivity contribution in [3.63, 3.8) is 0 Å². The predicted molar refractivity (Wildman–Crippen MR) is 84.3 cm³/mol. The lowest BCUT2D eigenvalue weighted by atomic mass is 9.98. The first-order chi connectivity index (χ1) is 8.86. The van der Waals surface area contributed by atoms with Crippen LogP contribution in [-0.2, 0) is 12.0 Å². The van der Waals surface area contributed by atoms with Gasteiger partial charge >= 0.3 is 0 Å². The summed E-state index contributed by atoms with van der Waals surface area (Å²) in [5.41, 5.74) is 2.26. The van der Waals surface area contributed by atoms with Gasteiger partial charge in [0, 0.05) is 16.5 Å². The SMILES string of the molecule is Cc1ccc(NCc2cnc(C(C)(C)C)s2)c(Cl)c1. The number of halogens is 1. The Hall–Kier alpha value is -1.06. The molecular weight excluding hydrogens is 276 g/mol. The van der Waals surface area contributed by atoms with E-state index in [2.05, 4.69) is 37.1 Å². The van der Waals surface area contributed by atoms with Crippen molar-refractivity contribution in [3.05, 3.63) is 44.9 Å². The molecule has 0 aliphatic carbocycles. The van der Waals surface area contributed by atoms with E-state index in [9.17, 15) is 0 Å². The van der Waals surface area contributed by atoms with Gasteiger partial charge < -0.3 is 5.32 Å². The lowest BCUT2D eigenvalue weighted by Crippen LogP contribution is -2.09.